The molecule has 1 aromatic carbocycles. The van der Waals surface area contributed by atoms with E-state index in [4.69, 9.17) is 4.74 Å². The summed E-state index contributed by atoms with van der Waals surface area (Å²) in [6.45, 7) is 3.68. The van der Waals surface area contributed by atoms with Crippen LogP contribution in [0.5, 0.6) is 0 Å². The van der Waals surface area contributed by atoms with Crippen molar-refractivity contribution in [3.8, 4) is 0 Å². The van der Waals surface area contributed by atoms with Gasteiger partial charge in [0.05, 0.1) is 0 Å². The molecule has 0 spiro atoms. The van der Waals surface area contributed by atoms with Crippen molar-refractivity contribution < 1.29 is 14.3 Å². The predicted molar refractivity (Wildman–Crippen MR) is 94.2 cm³/mol. The van der Waals surface area contributed by atoms with Gasteiger partial charge in [-0.25, -0.2) is 4.79 Å². The first-order valence-electron chi connectivity index (χ1n) is 9.28. The molecule has 2 N–H and O–H groups in total. The number of ether oxygens (including phenoxy) is 1. The summed E-state index contributed by atoms with van der Waals surface area (Å²) in [4.78, 5) is 26.4. The molecule has 1 aromatic rings. The number of carbonyl (C=O) groups excluding carboxylic acids is 2. The van der Waals surface area contributed by atoms with Crippen LogP contribution in [0.3, 0.4) is 0 Å². The van der Waals surface area contributed by atoms with Gasteiger partial charge in [-0.3, -0.25) is 4.79 Å². The van der Waals surface area contributed by atoms with Gasteiger partial charge in [0.2, 0.25) is 6.10 Å². The highest BCUT2D eigenvalue weighted by Gasteiger charge is 2.36. The SMILES string of the molecule is O=C1Nc2ccccc2C1OC(=O)N1CCC(C2CCNCC2)CC1. The second-order valence-electron chi connectivity index (χ2n) is 7.25. The minimum atomic E-state index is -0.828. The Morgan fingerprint density at radius 1 is 1.04 bits per heavy atom. The van der Waals surface area contributed by atoms with Crippen LogP contribution >= 0.6 is 0 Å². The zero-order valence-electron chi connectivity index (χ0n) is 14.4. The molecule has 1 unspecified atom stereocenters. The fourth-order valence-electron chi connectivity index (χ4n) is 4.34. The number of anilines is 1. The maximum Gasteiger partial charge on any atom is 0.410 e. The Morgan fingerprint density at radius 2 is 1.72 bits per heavy atom. The fraction of sp³-hybridized carbons (Fsp3) is 0.579. The van der Waals surface area contributed by atoms with E-state index in [0.29, 0.717) is 5.92 Å². The Morgan fingerprint density at radius 3 is 2.48 bits per heavy atom. The predicted octanol–water partition coefficient (Wildman–Crippen LogP) is 2.53. The summed E-state index contributed by atoms with van der Waals surface area (Å²) in [5.74, 6) is 1.23. The number of nitrogens with zero attached hydrogens (tertiary/aromatic N) is 1. The number of benzene rings is 1. The first-order chi connectivity index (χ1) is 12.2. The van der Waals surface area contributed by atoms with E-state index in [0.717, 1.165) is 56.2 Å². The molecule has 3 heterocycles. The zero-order valence-corrected chi connectivity index (χ0v) is 14.4. The zero-order chi connectivity index (χ0) is 17.2. The van der Waals surface area contributed by atoms with Crippen LogP contribution < -0.4 is 10.6 Å². The molecule has 2 fully saturated rings. The molecule has 2 saturated heterocycles. The number of hydrogen-bond donors (Lipinski definition) is 2. The molecule has 6 nitrogen and oxygen atoms in total. The molecule has 25 heavy (non-hydrogen) atoms. The van der Waals surface area contributed by atoms with Crippen LogP contribution in [0.4, 0.5) is 10.5 Å². The van der Waals surface area contributed by atoms with Crippen LogP contribution in [0.1, 0.15) is 37.4 Å². The highest BCUT2D eigenvalue weighted by Crippen LogP contribution is 2.34. The molecule has 0 saturated carbocycles. The van der Waals surface area contributed by atoms with Gasteiger partial charge in [0.15, 0.2) is 0 Å². The van der Waals surface area contributed by atoms with Gasteiger partial charge in [0.1, 0.15) is 0 Å². The van der Waals surface area contributed by atoms with E-state index in [-0.39, 0.29) is 12.0 Å². The summed E-state index contributed by atoms with van der Waals surface area (Å²) < 4.78 is 5.54. The molecular weight excluding hydrogens is 318 g/mol. The van der Waals surface area contributed by atoms with Gasteiger partial charge in [-0.1, -0.05) is 18.2 Å². The van der Waals surface area contributed by atoms with Gasteiger partial charge < -0.3 is 20.3 Å². The lowest BCUT2D eigenvalue weighted by atomic mass is 9.79. The minimum Gasteiger partial charge on any atom is -0.431 e. The first-order valence-corrected chi connectivity index (χ1v) is 9.28. The van der Waals surface area contributed by atoms with E-state index < -0.39 is 6.10 Å². The summed E-state index contributed by atoms with van der Waals surface area (Å²) in [5, 5.41) is 6.18. The summed E-state index contributed by atoms with van der Waals surface area (Å²) in [7, 11) is 0. The van der Waals surface area contributed by atoms with Crippen molar-refractivity contribution in [1.29, 1.82) is 0 Å². The van der Waals surface area contributed by atoms with Crippen LogP contribution in [-0.4, -0.2) is 43.1 Å². The normalized spacial score (nSPS) is 24.7. The molecule has 6 heteroatoms. The van der Waals surface area contributed by atoms with Gasteiger partial charge in [-0.15, -0.1) is 0 Å². The summed E-state index contributed by atoms with van der Waals surface area (Å²) in [6.07, 6.45) is 3.36. The number of nitrogens with one attached hydrogen (secondary N) is 2. The molecular formula is C19H25N3O3. The maximum absolute atomic E-state index is 12.5. The highest BCUT2D eigenvalue weighted by atomic mass is 16.6. The van der Waals surface area contributed by atoms with Crippen molar-refractivity contribution in [3.05, 3.63) is 29.8 Å². The number of carbonyl (C=O) groups is 2. The quantitative estimate of drug-likeness (QED) is 0.866. The van der Waals surface area contributed by atoms with Crippen LogP contribution in [0.15, 0.2) is 24.3 Å². The average molecular weight is 343 g/mol. The third-order valence-electron chi connectivity index (χ3n) is 5.81. The Labute approximate surface area is 147 Å². The lowest BCUT2D eigenvalue weighted by Crippen LogP contribution is -2.42. The average Bonchev–Trinajstić information content (AvgIpc) is 2.98. The largest absolute Gasteiger partial charge is 0.431 e. The van der Waals surface area contributed by atoms with Crippen LogP contribution in [-0.2, 0) is 9.53 Å². The molecule has 4 rings (SSSR count). The van der Waals surface area contributed by atoms with Gasteiger partial charge in [0, 0.05) is 24.3 Å². The van der Waals surface area contributed by atoms with Gasteiger partial charge in [-0.2, -0.15) is 0 Å². The Kier molecular flexibility index (Phi) is 4.61. The summed E-state index contributed by atoms with van der Waals surface area (Å²) in [6, 6.07) is 7.36. The fourth-order valence-corrected chi connectivity index (χ4v) is 4.34. The monoisotopic (exact) mass is 343 g/mol. The van der Waals surface area contributed by atoms with Gasteiger partial charge in [0.25, 0.3) is 5.91 Å². The smallest absolute Gasteiger partial charge is 0.410 e. The Bertz CT molecular complexity index is 649. The standard InChI is InChI=1S/C19H25N3O3/c23-18-17(15-3-1-2-4-16(15)21-18)25-19(24)22-11-7-14(8-12-22)13-5-9-20-10-6-13/h1-4,13-14,17,20H,5-12H2,(H,21,23). The number of hydrogen-bond acceptors (Lipinski definition) is 4. The maximum atomic E-state index is 12.5. The van der Waals surface area contributed by atoms with Crippen molar-refractivity contribution in [1.82, 2.24) is 10.2 Å². The van der Waals surface area contributed by atoms with Crippen molar-refractivity contribution >= 4 is 17.7 Å². The van der Waals surface area contributed by atoms with Gasteiger partial charge >= 0.3 is 6.09 Å². The number of piperidine rings is 2. The minimum absolute atomic E-state index is 0.265. The number of fused-ring (bicyclic) bond motifs is 1. The van der Waals surface area contributed by atoms with E-state index in [1.54, 1.807) is 4.90 Å². The first kappa shape index (κ1) is 16.4. The number of para-hydroxylation sites is 1. The molecule has 0 aliphatic carbocycles. The summed E-state index contributed by atoms with van der Waals surface area (Å²) in [5.41, 5.74) is 1.47. The van der Waals surface area contributed by atoms with E-state index in [1.165, 1.54) is 12.8 Å². The molecule has 3 aliphatic rings. The summed E-state index contributed by atoms with van der Waals surface area (Å²) >= 11 is 0. The van der Waals surface area contributed by atoms with Crippen molar-refractivity contribution in [2.45, 2.75) is 31.8 Å². The van der Waals surface area contributed by atoms with Crippen LogP contribution in [0.25, 0.3) is 0 Å². The van der Waals surface area contributed by atoms with Crippen LogP contribution in [0.2, 0.25) is 0 Å². The third kappa shape index (κ3) is 3.35. The lowest BCUT2D eigenvalue weighted by Gasteiger charge is -2.37. The third-order valence-corrected chi connectivity index (χ3v) is 5.81. The molecule has 0 radical (unpaired) electrons. The molecule has 2 amide bonds. The van der Waals surface area contributed by atoms with Crippen molar-refractivity contribution in [2.24, 2.45) is 11.8 Å². The number of likely N-dealkylation sites (tertiary alicyclic amines) is 1. The topological polar surface area (TPSA) is 70.7 Å². The Balaban J connectivity index is 1.33. The van der Waals surface area contributed by atoms with E-state index in [2.05, 4.69) is 10.6 Å². The number of amides is 2. The molecule has 134 valence electrons. The van der Waals surface area contributed by atoms with Crippen molar-refractivity contribution in [2.75, 3.05) is 31.5 Å². The molecule has 0 aromatic heterocycles. The molecule has 1 atom stereocenters. The van der Waals surface area contributed by atoms with Crippen molar-refractivity contribution in [3.63, 3.8) is 0 Å². The van der Waals surface area contributed by atoms with E-state index in [1.807, 2.05) is 24.3 Å². The number of rotatable bonds is 2. The second kappa shape index (κ2) is 7.04. The van der Waals surface area contributed by atoms with Crippen LogP contribution in [0, 0.1) is 11.8 Å². The second-order valence-corrected chi connectivity index (χ2v) is 7.25. The van der Waals surface area contributed by atoms with E-state index in [9.17, 15) is 9.59 Å². The van der Waals surface area contributed by atoms with E-state index >= 15 is 0 Å². The van der Waals surface area contributed by atoms with Gasteiger partial charge in [-0.05, 0) is 56.7 Å². The lowest BCUT2D eigenvalue weighted by molar-refractivity contribution is -0.124. The highest BCUT2D eigenvalue weighted by molar-refractivity contribution is 6.02. The molecule has 0 bridgehead atoms. The molecule has 3 aliphatic heterocycles. The Hall–Kier alpha value is -2.08.